The Morgan fingerprint density at radius 1 is 0.879 bits per heavy atom. The van der Waals surface area contributed by atoms with E-state index >= 15 is 0 Å². The topological polar surface area (TPSA) is 78.5 Å². The van der Waals surface area contributed by atoms with Crippen LogP contribution in [-0.2, 0) is 4.79 Å². The van der Waals surface area contributed by atoms with Crippen LogP contribution < -0.4 is 15.5 Å². The van der Waals surface area contributed by atoms with Gasteiger partial charge in [-0.25, -0.2) is 4.39 Å². The zero-order valence-corrected chi connectivity index (χ0v) is 18.2. The fourth-order valence-electron chi connectivity index (χ4n) is 3.74. The number of carbonyl (C=O) groups is 3. The number of nitrogens with zero attached hydrogens (tertiary/aromatic N) is 1. The Labute approximate surface area is 191 Å². The second kappa shape index (κ2) is 9.65. The van der Waals surface area contributed by atoms with E-state index in [1.807, 2.05) is 19.1 Å². The molecule has 168 valence electrons. The van der Waals surface area contributed by atoms with Gasteiger partial charge >= 0.3 is 0 Å². The van der Waals surface area contributed by atoms with Crippen LogP contribution in [0.1, 0.15) is 52.1 Å². The van der Waals surface area contributed by atoms with E-state index in [4.69, 9.17) is 0 Å². The van der Waals surface area contributed by atoms with E-state index in [9.17, 15) is 18.8 Å². The molecule has 1 saturated heterocycles. The van der Waals surface area contributed by atoms with Crippen molar-refractivity contribution in [2.24, 2.45) is 0 Å². The Kier molecular flexibility index (Phi) is 6.49. The molecule has 1 aliphatic rings. The van der Waals surface area contributed by atoms with Gasteiger partial charge in [0, 0.05) is 35.5 Å². The molecule has 3 aromatic carbocycles. The fraction of sp³-hybridized carbons (Fsp3) is 0.192. The van der Waals surface area contributed by atoms with E-state index in [0.29, 0.717) is 29.8 Å². The van der Waals surface area contributed by atoms with Crippen molar-refractivity contribution >= 4 is 29.1 Å². The number of hydrogen-bond donors (Lipinski definition) is 2. The molecule has 1 atom stereocenters. The largest absolute Gasteiger partial charge is 0.346 e. The molecular weight excluding hydrogens is 421 g/mol. The molecule has 0 radical (unpaired) electrons. The number of rotatable bonds is 6. The highest BCUT2D eigenvalue weighted by Crippen LogP contribution is 2.22. The van der Waals surface area contributed by atoms with E-state index in [1.54, 1.807) is 41.3 Å². The maximum atomic E-state index is 13.0. The minimum absolute atomic E-state index is 0.109. The number of anilines is 2. The smallest absolute Gasteiger partial charge is 0.255 e. The van der Waals surface area contributed by atoms with Gasteiger partial charge < -0.3 is 15.5 Å². The molecule has 6 nitrogen and oxygen atoms in total. The van der Waals surface area contributed by atoms with Crippen LogP contribution in [0.3, 0.4) is 0 Å². The second-order valence-corrected chi connectivity index (χ2v) is 7.97. The fourth-order valence-corrected chi connectivity index (χ4v) is 3.74. The molecule has 0 saturated carbocycles. The van der Waals surface area contributed by atoms with Gasteiger partial charge in [-0.15, -0.1) is 0 Å². The lowest BCUT2D eigenvalue weighted by Gasteiger charge is -2.17. The van der Waals surface area contributed by atoms with Gasteiger partial charge in [0.15, 0.2) is 0 Å². The lowest BCUT2D eigenvalue weighted by molar-refractivity contribution is -0.117. The normalized spacial score (nSPS) is 14.1. The maximum Gasteiger partial charge on any atom is 0.255 e. The summed E-state index contributed by atoms with van der Waals surface area (Å²) in [6.07, 6.45) is 1.42. The Hall–Kier alpha value is -4.00. The van der Waals surface area contributed by atoms with Crippen molar-refractivity contribution in [1.29, 1.82) is 0 Å². The van der Waals surface area contributed by atoms with Gasteiger partial charge in [0.1, 0.15) is 5.82 Å². The van der Waals surface area contributed by atoms with Gasteiger partial charge in [-0.05, 0) is 79.6 Å². The summed E-state index contributed by atoms with van der Waals surface area (Å²) in [7, 11) is 0. The Balaban J connectivity index is 1.34. The standard InChI is InChI=1S/C26H24FN3O3/c1-17(28-25(32)20-8-14-23(15-9-20)30-16-2-3-24(30)31)18-6-12-22(13-7-18)29-26(33)19-4-10-21(27)11-5-19/h4-15,17H,2-3,16H2,1H3,(H,28,32)(H,29,33). The molecule has 7 heteroatoms. The Bertz CT molecular complexity index is 1160. The first-order valence-electron chi connectivity index (χ1n) is 10.8. The van der Waals surface area contributed by atoms with Gasteiger partial charge in [-0.1, -0.05) is 12.1 Å². The van der Waals surface area contributed by atoms with Crippen LogP contribution in [0.15, 0.2) is 72.8 Å². The molecule has 3 amide bonds. The molecular formula is C26H24FN3O3. The summed E-state index contributed by atoms with van der Waals surface area (Å²) in [5.74, 6) is -0.832. The summed E-state index contributed by atoms with van der Waals surface area (Å²) < 4.78 is 13.0. The zero-order valence-electron chi connectivity index (χ0n) is 18.2. The van der Waals surface area contributed by atoms with Crippen molar-refractivity contribution < 1.29 is 18.8 Å². The molecule has 3 aromatic rings. The molecule has 33 heavy (non-hydrogen) atoms. The average molecular weight is 445 g/mol. The number of hydrogen-bond acceptors (Lipinski definition) is 3. The first kappa shape index (κ1) is 22.2. The van der Waals surface area contributed by atoms with Crippen molar-refractivity contribution in [3.63, 3.8) is 0 Å². The third kappa shape index (κ3) is 5.26. The molecule has 0 spiro atoms. The summed E-state index contributed by atoms with van der Waals surface area (Å²) in [5, 5.41) is 5.72. The third-order valence-electron chi connectivity index (χ3n) is 5.64. The average Bonchev–Trinajstić information content (AvgIpc) is 3.25. The van der Waals surface area contributed by atoms with Crippen molar-refractivity contribution in [2.75, 3.05) is 16.8 Å². The van der Waals surface area contributed by atoms with Crippen LogP contribution in [0.5, 0.6) is 0 Å². The molecule has 4 rings (SSSR count). The first-order chi connectivity index (χ1) is 15.9. The molecule has 1 unspecified atom stereocenters. The highest BCUT2D eigenvalue weighted by molar-refractivity contribution is 6.04. The number of amides is 3. The second-order valence-electron chi connectivity index (χ2n) is 7.97. The van der Waals surface area contributed by atoms with Crippen LogP contribution in [-0.4, -0.2) is 24.3 Å². The predicted molar refractivity (Wildman–Crippen MR) is 125 cm³/mol. The summed E-state index contributed by atoms with van der Waals surface area (Å²) in [5.41, 5.74) is 3.16. The van der Waals surface area contributed by atoms with Gasteiger partial charge in [0.2, 0.25) is 5.91 Å². The van der Waals surface area contributed by atoms with E-state index in [0.717, 1.165) is 17.7 Å². The molecule has 0 aromatic heterocycles. The minimum Gasteiger partial charge on any atom is -0.346 e. The quantitative estimate of drug-likeness (QED) is 0.578. The highest BCUT2D eigenvalue weighted by atomic mass is 19.1. The third-order valence-corrected chi connectivity index (χ3v) is 5.64. The number of carbonyl (C=O) groups excluding carboxylic acids is 3. The van der Waals surface area contributed by atoms with E-state index in [1.165, 1.54) is 24.3 Å². The maximum absolute atomic E-state index is 13.0. The first-order valence-corrected chi connectivity index (χ1v) is 10.8. The number of halogens is 1. The lowest BCUT2D eigenvalue weighted by atomic mass is 10.1. The molecule has 1 heterocycles. The monoisotopic (exact) mass is 445 g/mol. The van der Waals surface area contributed by atoms with E-state index < -0.39 is 5.82 Å². The van der Waals surface area contributed by atoms with E-state index in [-0.39, 0.29) is 23.8 Å². The predicted octanol–water partition coefficient (Wildman–Crippen LogP) is 4.70. The van der Waals surface area contributed by atoms with Crippen LogP contribution >= 0.6 is 0 Å². The molecule has 1 aliphatic heterocycles. The van der Waals surface area contributed by atoms with Gasteiger partial charge in [0.05, 0.1) is 6.04 Å². The van der Waals surface area contributed by atoms with E-state index in [2.05, 4.69) is 10.6 Å². The summed E-state index contributed by atoms with van der Waals surface area (Å²) in [6, 6.07) is 19.3. The Morgan fingerprint density at radius 2 is 1.48 bits per heavy atom. The lowest BCUT2D eigenvalue weighted by Crippen LogP contribution is -2.27. The summed E-state index contributed by atoms with van der Waals surface area (Å²) in [6.45, 7) is 2.59. The molecule has 0 aliphatic carbocycles. The molecule has 2 N–H and O–H groups in total. The molecule has 1 fully saturated rings. The van der Waals surface area contributed by atoms with Crippen molar-refractivity contribution in [3.05, 3.63) is 95.3 Å². The number of benzene rings is 3. The van der Waals surface area contributed by atoms with Crippen molar-refractivity contribution in [2.45, 2.75) is 25.8 Å². The van der Waals surface area contributed by atoms with Crippen LogP contribution in [0.4, 0.5) is 15.8 Å². The molecule has 0 bridgehead atoms. The van der Waals surface area contributed by atoms with Gasteiger partial charge in [-0.3, -0.25) is 14.4 Å². The minimum atomic E-state index is -0.399. The van der Waals surface area contributed by atoms with Crippen molar-refractivity contribution in [1.82, 2.24) is 5.32 Å². The van der Waals surface area contributed by atoms with Crippen LogP contribution in [0, 0.1) is 5.82 Å². The van der Waals surface area contributed by atoms with Crippen molar-refractivity contribution in [3.8, 4) is 0 Å². The summed E-state index contributed by atoms with van der Waals surface area (Å²) in [4.78, 5) is 38.5. The zero-order chi connectivity index (χ0) is 23.4. The summed E-state index contributed by atoms with van der Waals surface area (Å²) >= 11 is 0. The van der Waals surface area contributed by atoms with Crippen LogP contribution in [0.2, 0.25) is 0 Å². The van der Waals surface area contributed by atoms with Gasteiger partial charge in [0.25, 0.3) is 11.8 Å². The SMILES string of the molecule is CC(NC(=O)c1ccc(N2CCCC2=O)cc1)c1ccc(NC(=O)c2ccc(F)cc2)cc1. The Morgan fingerprint density at radius 3 is 2.09 bits per heavy atom. The van der Waals surface area contributed by atoms with Gasteiger partial charge in [-0.2, -0.15) is 0 Å². The number of nitrogens with one attached hydrogen (secondary N) is 2. The highest BCUT2D eigenvalue weighted by Gasteiger charge is 2.22. The van der Waals surface area contributed by atoms with Crippen LogP contribution in [0.25, 0.3) is 0 Å².